The molecule has 0 N–H and O–H groups in total. The summed E-state index contributed by atoms with van der Waals surface area (Å²) < 4.78 is 11.1. The van der Waals surface area contributed by atoms with Gasteiger partial charge in [0.05, 0.1) is 6.54 Å². The van der Waals surface area contributed by atoms with Crippen molar-refractivity contribution in [2.75, 3.05) is 19.8 Å². The molecular weight excluding hydrogens is 270 g/mol. The van der Waals surface area contributed by atoms with Gasteiger partial charge in [-0.25, -0.2) is 0 Å². The number of rotatable bonds is 8. The molecule has 1 aliphatic heterocycles. The van der Waals surface area contributed by atoms with Crippen molar-refractivity contribution in [2.45, 2.75) is 32.7 Å². The normalized spacial score (nSPS) is 18.0. The Hall–Kier alpha value is -1.56. The van der Waals surface area contributed by atoms with Gasteiger partial charge >= 0.3 is 0 Å². The van der Waals surface area contributed by atoms with E-state index >= 15 is 0 Å². The second kappa shape index (κ2) is 7.45. The number of carbonyl (C=O) groups excluding carboxylic acids is 2. The maximum Gasteiger partial charge on any atom is 0.216 e. The highest BCUT2D eigenvalue weighted by Crippen LogP contribution is 2.34. The molecule has 0 bridgehead atoms. The number of nitrogens with zero attached hydrogens (tertiary/aromatic N) is 1. The third-order valence-electron chi connectivity index (χ3n) is 3.56. The summed E-state index contributed by atoms with van der Waals surface area (Å²) >= 11 is 0. The van der Waals surface area contributed by atoms with E-state index in [1.807, 2.05) is 43.0 Å². The number of hydrogen-bond donors (Lipinski definition) is 0. The average molecular weight is 291 g/mol. The van der Waals surface area contributed by atoms with Gasteiger partial charge in [0.25, 0.3) is 0 Å². The minimum atomic E-state index is -0.526. The molecule has 1 heterocycles. The first-order valence-electron chi connectivity index (χ1n) is 7.25. The predicted molar refractivity (Wildman–Crippen MR) is 77.7 cm³/mol. The number of hydrogen-bond acceptors (Lipinski definition) is 5. The van der Waals surface area contributed by atoms with Crippen LogP contribution in [-0.4, -0.2) is 43.0 Å². The molecule has 0 aromatic heterocycles. The predicted octanol–water partition coefficient (Wildman–Crippen LogP) is 1.71. The van der Waals surface area contributed by atoms with Crippen LogP contribution in [-0.2, 0) is 25.6 Å². The second-order valence-corrected chi connectivity index (χ2v) is 4.89. The summed E-state index contributed by atoms with van der Waals surface area (Å²) in [6.45, 7) is 5.96. The van der Waals surface area contributed by atoms with Crippen LogP contribution >= 0.6 is 0 Å². The van der Waals surface area contributed by atoms with Gasteiger partial charge in [-0.1, -0.05) is 24.3 Å². The van der Waals surface area contributed by atoms with Crippen molar-refractivity contribution in [1.82, 2.24) is 4.90 Å². The summed E-state index contributed by atoms with van der Waals surface area (Å²) in [4.78, 5) is 24.9. The number of benzene rings is 1. The highest BCUT2D eigenvalue weighted by atomic mass is 16.7. The molecule has 0 radical (unpaired) electrons. The molecule has 0 amide bonds. The van der Waals surface area contributed by atoms with Crippen LogP contribution in [0.4, 0.5) is 0 Å². The van der Waals surface area contributed by atoms with E-state index in [1.54, 1.807) is 0 Å². The van der Waals surface area contributed by atoms with Crippen LogP contribution < -0.4 is 0 Å². The van der Waals surface area contributed by atoms with Crippen molar-refractivity contribution < 1.29 is 19.1 Å². The largest absolute Gasteiger partial charge is 0.352 e. The number of ether oxygens (including phenoxy) is 2. The minimum absolute atomic E-state index is 0.392. The summed E-state index contributed by atoms with van der Waals surface area (Å²) in [5.41, 5.74) is 1.98. The minimum Gasteiger partial charge on any atom is -0.352 e. The summed E-state index contributed by atoms with van der Waals surface area (Å²) in [5.74, 6) is -0.424. The summed E-state index contributed by atoms with van der Waals surface area (Å²) in [6.07, 6.45) is 0.00659. The van der Waals surface area contributed by atoms with Gasteiger partial charge in [-0.15, -0.1) is 0 Å². The van der Waals surface area contributed by atoms with Crippen molar-refractivity contribution >= 4 is 12.1 Å². The maximum atomic E-state index is 12.0. The van der Waals surface area contributed by atoms with E-state index in [2.05, 4.69) is 0 Å². The molecule has 1 aromatic rings. The van der Waals surface area contributed by atoms with Crippen molar-refractivity contribution in [1.29, 1.82) is 0 Å². The van der Waals surface area contributed by atoms with Crippen LogP contribution in [0.5, 0.6) is 0 Å². The van der Waals surface area contributed by atoms with E-state index in [0.717, 1.165) is 11.1 Å². The Bertz CT molecular complexity index is 497. The highest BCUT2D eigenvalue weighted by Gasteiger charge is 2.36. The fourth-order valence-electron chi connectivity index (χ4n) is 2.74. The molecule has 1 aromatic carbocycles. The van der Waals surface area contributed by atoms with E-state index in [1.165, 1.54) is 0 Å². The molecule has 0 spiro atoms. The van der Waals surface area contributed by atoms with Gasteiger partial charge in [0.15, 0.2) is 12.6 Å². The van der Waals surface area contributed by atoms with E-state index in [9.17, 15) is 9.59 Å². The first-order chi connectivity index (χ1) is 10.2. The lowest BCUT2D eigenvalue weighted by Gasteiger charge is -2.27. The molecule has 0 aliphatic carbocycles. The number of Topliss-reactive ketones (excluding diaryl/α,β-unsaturated/α-hetero) is 1. The summed E-state index contributed by atoms with van der Waals surface area (Å²) in [5, 5.41) is 0. The Kier molecular flexibility index (Phi) is 5.61. The highest BCUT2D eigenvalue weighted by molar-refractivity contribution is 6.27. The molecule has 114 valence electrons. The third kappa shape index (κ3) is 3.56. The van der Waals surface area contributed by atoms with E-state index < -0.39 is 18.1 Å². The fourth-order valence-corrected chi connectivity index (χ4v) is 2.74. The van der Waals surface area contributed by atoms with Crippen LogP contribution in [0, 0.1) is 0 Å². The van der Waals surface area contributed by atoms with Gasteiger partial charge in [0.1, 0.15) is 6.04 Å². The van der Waals surface area contributed by atoms with Gasteiger partial charge in [0.2, 0.25) is 5.78 Å². The first kappa shape index (κ1) is 15.8. The van der Waals surface area contributed by atoms with Gasteiger partial charge in [0, 0.05) is 19.8 Å². The number of ketones is 1. The number of aldehydes is 1. The monoisotopic (exact) mass is 291 g/mol. The van der Waals surface area contributed by atoms with Crippen molar-refractivity contribution in [3.05, 3.63) is 35.4 Å². The molecule has 5 heteroatoms. The van der Waals surface area contributed by atoms with E-state index in [0.29, 0.717) is 32.6 Å². The molecule has 2 rings (SSSR count). The molecular formula is C16H21NO4. The Labute approximate surface area is 124 Å². The van der Waals surface area contributed by atoms with Gasteiger partial charge in [-0.3, -0.25) is 14.5 Å². The summed E-state index contributed by atoms with van der Waals surface area (Å²) in [6, 6.07) is 7.18. The molecule has 5 nitrogen and oxygen atoms in total. The SMILES string of the molecule is CCOC(CN1Cc2ccccc2C1C(=O)C=O)OCC. The molecule has 0 saturated heterocycles. The number of carbonyl (C=O) groups is 2. The van der Waals surface area contributed by atoms with Crippen LogP contribution in [0.25, 0.3) is 0 Å². The fraction of sp³-hybridized carbons (Fsp3) is 0.500. The van der Waals surface area contributed by atoms with Gasteiger partial charge in [-0.2, -0.15) is 0 Å². The zero-order valence-electron chi connectivity index (χ0n) is 12.5. The molecule has 1 aliphatic rings. The quantitative estimate of drug-likeness (QED) is 0.414. The average Bonchev–Trinajstić information content (AvgIpc) is 2.85. The van der Waals surface area contributed by atoms with Crippen LogP contribution in [0.1, 0.15) is 31.0 Å². The molecule has 0 fully saturated rings. The zero-order chi connectivity index (χ0) is 15.2. The van der Waals surface area contributed by atoms with Crippen molar-refractivity contribution in [2.24, 2.45) is 0 Å². The topological polar surface area (TPSA) is 55.8 Å². The van der Waals surface area contributed by atoms with Gasteiger partial charge in [-0.05, 0) is 25.0 Å². The molecule has 1 unspecified atom stereocenters. The van der Waals surface area contributed by atoms with Crippen molar-refractivity contribution in [3.63, 3.8) is 0 Å². The Morgan fingerprint density at radius 3 is 2.62 bits per heavy atom. The lowest BCUT2D eigenvalue weighted by molar-refractivity contribution is -0.154. The second-order valence-electron chi connectivity index (χ2n) is 4.89. The standard InChI is InChI=1S/C16H21NO4/c1-3-20-15(21-4-2)10-17-9-12-7-5-6-8-13(12)16(17)14(19)11-18/h5-8,11,15-16H,3-4,9-10H2,1-2H3. The Balaban J connectivity index is 2.19. The van der Waals surface area contributed by atoms with Crippen LogP contribution in [0.15, 0.2) is 24.3 Å². The van der Waals surface area contributed by atoms with Crippen molar-refractivity contribution in [3.8, 4) is 0 Å². The lowest BCUT2D eigenvalue weighted by Crippen LogP contribution is -2.37. The van der Waals surface area contributed by atoms with E-state index in [-0.39, 0.29) is 0 Å². The lowest BCUT2D eigenvalue weighted by atomic mass is 10.0. The molecule has 0 saturated carbocycles. The summed E-state index contributed by atoms with van der Waals surface area (Å²) in [7, 11) is 0. The number of fused-ring (bicyclic) bond motifs is 1. The molecule has 1 atom stereocenters. The Morgan fingerprint density at radius 1 is 1.33 bits per heavy atom. The first-order valence-corrected chi connectivity index (χ1v) is 7.25. The van der Waals surface area contributed by atoms with Crippen LogP contribution in [0.3, 0.4) is 0 Å². The third-order valence-corrected chi connectivity index (χ3v) is 3.56. The van der Waals surface area contributed by atoms with E-state index in [4.69, 9.17) is 9.47 Å². The zero-order valence-corrected chi connectivity index (χ0v) is 12.5. The smallest absolute Gasteiger partial charge is 0.216 e. The van der Waals surface area contributed by atoms with Crippen LogP contribution in [0.2, 0.25) is 0 Å². The maximum absolute atomic E-state index is 12.0. The van der Waals surface area contributed by atoms with Gasteiger partial charge < -0.3 is 9.47 Å². The molecule has 21 heavy (non-hydrogen) atoms. The Morgan fingerprint density at radius 2 is 2.00 bits per heavy atom.